The van der Waals surface area contributed by atoms with Crippen molar-refractivity contribution in [3.63, 3.8) is 0 Å². The van der Waals surface area contributed by atoms with Crippen LogP contribution in [0.25, 0.3) is 0 Å². The van der Waals surface area contributed by atoms with Gasteiger partial charge in [0, 0.05) is 13.6 Å². The first-order chi connectivity index (χ1) is 9.00. The molecule has 0 amide bonds. The first-order valence-electron chi connectivity index (χ1n) is 7.08. The van der Waals surface area contributed by atoms with Gasteiger partial charge in [0.1, 0.15) is 10.8 Å². The molecule has 1 saturated carbocycles. The summed E-state index contributed by atoms with van der Waals surface area (Å²) in [6, 6.07) is 0. The van der Waals surface area contributed by atoms with Crippen LogP contribution in [0.15, 0.2) is 0 Å². The lowest BCUT2D eigenvalue weighted by Gasteiger charge is -2.29. The van der Waals surface area contributed by atoms with Crippen molar-refractivity contribution in [3.05, 3.63) is 11.3 Å². The average Bonchev–Trinajstić information content (AvgIpc) is 2.63. The molecule has 1 aromatic rings. The Morgan fingerprint density at radius 3 is 2.79 bits per heavy atom. The molecule has 0 saturated heterocycles. The van der Waals surface area contributed by atoms with Crippen LogP contribution in [0.5, 0.6) is 0 Å². The molecule has 19 heavy (non-hydrogen) atoms. The molecule has 0 radical (unpaired) electrons. The highest BCUT2D eigenvalue weighted by molar-refractivity contribution is 7.80. The molecule has 1 fully saturated rings. The Kier molecular flexibility index (Phi) is 4.45. The minimum atomic E-state index is 0.421. The molecule has 5 heteroatoms. The quantitative estimate of drug-likeness (QED) is 0.832. The summed E-state index contributed by atoms with van der Waals surface area (Å²) in [5.74, 6) is 2.50. The fourth-order valence-electron chi connectivity index (χ4n) is 3.08. The van der Waals surface area contributed by atoms with E-state index >= 15 is 0 Å². The summed E-state index contributed by atoms with van der Waals surface area (Å²) in [5, 5.41) is 7.92. The van der Waals surface area contributed by atoms with Gasteiger partial charge in [-0.15, -0.1) is 0 Å². The Hall–Kier alpha value is -1.10. The van der Waals surface area contributed by atoms with E-state index in [1.54, 1.807) is 0 Å². The van der Waals surface area contributed by atoms with Gasteiger partial charge in [-0.05, 0) is 25.2 Å². The largest absolute Gasteiger partial charge is 0.389 e. The van der Waals surface area contributed by atoms with E-state index < -0.39 is 0 Å². The molecule has 2 atom stereocenters. The third-order valence-corrected chi connectivity index (χ3v) is 4.49. The van der Waals surface area contributed by atoms with E-state index in [0.717, 1.165) is 35.5 Å². The molecule has 2 unspecified atom stereocenters. The Morgan fingerprint density at radius 1 is 1.47 bits per heavy atom. The van der Waals surface area contributed by atoms with Gasteiger partial charge >= 0.3 is 0 Å². The zero-order chi connectivity index (χ0) is 14.0. The lowest BCUT2D eigenvalue weighted by atomic mass is 9.80. The molecule has 106 valence electrons. The van der Waals surface area contributed by atoms with Crippen molar-refractivity contribution in [1.82, 2.24) is 9.78 Å². The van der Waals surface area contributed by atoms with Crippen molar-refractivity contribution in [2.45, 2.75) is 39.5 Å². The molecule has 0 bridgehead atoms. The summed E-state index contributed by atoms with van der Waals surface area (Å²) in [4.78, 5) is 0.421. The second kappa shape index (κ2) is 5.90. The summed E-state index contributed by atoms with van der Waals surface area (Å²) in [5.41, 5.74) is 7.59. The van der Waals surface area contributed by atoms with Gasteiger partial charge in [-0.1, -0.05) is 38.4 Å². The number of thiocarbonyl (C=S) groups is 1. The van der Waals surface area contributed by atoms with Crippen molar-refractivity contribution >= 4 is 23.0 Å². The van der Waals surface area contributed by atoms with E-state index in [0.29, 0.717) is 4.99 Å². The van der Waals surface area contributed by atoms with Crippen LogP contribution in [0.2, 0.25) is 0 Å². The Balaban J connectivity index is 2.08. The van der Waals surface area contributed by atoms with Crippen LogP contribution in [0.4, 0.5) is 5.82 Å². The van der Waals surface area contributed by atoms with Crippen LogP contribution in [0, 0.1) is 18.8 Å². The van der Waals surface area contributed by atoms with Gasteiger partial charge in [0.25, 0.3) is 0 Å². The molecule has 1 aromatic heterocycles. The Labute approximate surface area is 120 Å². The number of aryl methyl sites for hydroxylation is 2. The van der Waals surface area contributed by atoms with Crippen LogP contribution in [0.3, 0.4) is 0 Å². The van der Waals surface area contributed by atoms with Crippen LogP contribution < -0.4 is 11.1 Å². The smallest absolute Gasteiger partial charge is 0.134 e. The van der Waals surface area contributed by atoms with Gasteiger partial charge in [-0.3, -0.25) is 4.68 Å². The third kappa shape index (κ3) is 3.08. The summed E-state index contributed by atoms with van der Waals surface area (Å²) in [7, 11) is 1.93. The van der Waals surface area contributed by atoms with E-state index in [1.165, 1.54) is 25.7 Å². The standard InChI is InChI=1S/C14H24N4S/c1-9-6-4-5-7-11(9)8-16-14-12(13(15)19)10(2)17-18(14)3/h9,11,16H,4-8H2,1-3H3,(H2,15,19). The SMILES string of the molecule is Cc1nn(C)c(NCC2CCCCC2C)c1C(N)=S. The molecule has 1 aliphatic carbocycles. The molecule has 1 heterocycles. The van der Waals surface area contributed by atoms with Gasteiger partial charge in [-0.25, -0.2) is 0 Å². The van der Waals surface area contributed by atoms with Crippen molar-refractivity contribution in [3.8, 4) is 0 Å². The average molecular weight is 280 g/mol. The number of rotatable bonds is 4. The second-order valence-electron chi connectivity index (χ2n) is 5.70. The van der Waals surface area contributed by atoms with Crippen LogP contribution in [-0.4, -0.2) is 21.3 Å². The second-order valence-corrected chi connectivity index (χ2v) is 6.14. The van der Waals surface area contributed by atoms with Crippen LogP contribution in [-0.2, 0) is 7.05 Å². The minimum absolute atomic E-state index is 0.421. The van der Waals surface area contributed by atoms with Gasteiger partial charge < -0.3 is 11.1 Å². The monoisotopic (exact) mass is 280 g/mol. The molecule has 0 spiro atoms. The lowest BCUT2D eigenvalue weighted by Crippen LogP contribution is -2.26. The maximum atomic E-state index is 5.80. The lowest BCUT2D eigenvalue weighted by molar-refractivity contribution is 0.268. The molecule has 0 aromatic carbocycles. The predicted octanol–water partition coefficient (Wildman–Crippen LogP) is 2.60. The molecule has 1 aliphatic rings. The van der Waals surface area contributed by atoms with Crippen molar-refractivity contribution in [1.29, 1.82) is 0 Å². The van der Waals surface area contributed by atoms with Crippen LogP contribution >= 0.6 is 12.2 Å². The topological polar surface area (TPSA) is 55.9 Å². The number of anilines is 1. The fourth-order valence-corrected chi connectivity index (χ4v) is 3.32. The van der Waals surface area contributed by atoms with E-state index in [9.17, 15) is 0 Å². The van der Waals surface area contributed by atoms with Gasteiger partial charge in [0.05, 0.1) is 11.3 Å². The third-order valence-electron chi connectivity index (χ3n) is 4.29. The highest BCUT2D eigenvalue weighted by Gasteiger charge is 2.22. The summed E-state index contributed by atoms with van der Waals surface area (Å²) >= 11 is 5.13. The van der Waals surface area contributed by atoms with Gasteiger partial charge in [0.15, 0.2) is 0 Å². The maximum absolute atomic E-state index is 5.80. The number of nitrogens with two attached hydrogens (primary N) is 1. The van der Waals surface area contributed by atoms with E-state index in [-0.39, 0.29) is 0 Å². The molecular formula is C14H24N4S. The maximum Gasteiger partial charge on any atom is 0.134 e. The normalized spacial score (nSPS) is 23.3. The van der Waals surface area contributed by atoms with Gasteiger partial charge in [0.2, 0.25) is 0 Å². The number of hydrogen-bond acceptors (Lipinski definition) is 3. The van der Waals surface area contributed by atoms with E-state index in [4.69, 9.17) is 18.0 Å². The zero-order valence-electron chi connectivity index (χ0n) is 12.1. The first kappa shape index (κ1) is 14.3. The highest BCUT2D eigenvalue weighted by atomic mass is 32.1. The number of nitrogens with zero attached hydrogens (tertiary/aromatic N) is 2. The van der Waals surface area contributed by atoms with Crippen LogP contribution in [0.1, 0.15) is 43.9 Å². The Bertz CT molecular complexity index is 466. The summed E-state index contributed by atoms with van der Waals surface area (Å²) in [6.45, 7) is 5.28. The molecule has 0 aliphatic heterocycles. The zero-order valence-corrected chi connectivity index (χ0v) is 12.9. The van der Waals surface area contributed by atoms with E-state index in [2.05, 4.69) is 17.3 Å². The molecular weight excluding hydrogens is 256 g/mol. The van der Waals surface area contributed by atoms with Gasteiger partial charge in [-0.2, -0.15) is 5.10 Å². The van der Waals surface area contributed by atoms with Crippen molar-refractivity contribution in [2.75, 3.05) is 11.9 Å². The summed E-state index contributed by atoms with van der Waals surface area (Å²) in [6.07, 6.45) is 5.39. The minimum Gasteiger partial charge on any atom is -0.389 e. The highest BCUT2D eigenvalue weighted by Crippen LogP contribution is 2.30. The van der Waals surface area contributed by atoms with Crippen molar-refractivity contribution in [2.24, 2.45) is 24.6 Å². The molecule has 3 N–H and O–H groups in total. The van der Waals surface area contributed by atoms with Crippen molar-refractivity contribution < 1.29 is 0 Å². The molecule has 2 rings (SSSR count). The summed E-state index contributed by atoms with van der Waals surface area (Å²) < 4.78 is 1.84. The fraction of sp³-hybridized carbons (Fsp3) is 0.714. The molecule has 4 nitrogen and oxygen atoms in total. The number of aromatic nitrogens is 2. The first-order valence-corrected chi connectivity index (χ1v) is 7.48. The number of hydrogen-bond donors (Lipinski definition) is 2. The van der Waals surface area contributed by atoms with E-state index in [1.807, 2.05) is 18.7 Å². The number of nitrogens with one attached hydrogen (secondary N) is 1. The Morgan fingerprint density at radius 2 is 2.16 bits per heavy atom. The predicted molar refractivity (Wildman–Crippen MR) is 83.4 cm³/mol.